The van der Waals surface area contributed by atoms with Crippen LogP contribution in [0.25, 0.3) is 5.57 Å². The lowest BCUT2D eigenvalue weighted by molar-refractivity contribution is -0.116. The van der Waals surface area contributed by atoms with E-state index in [1.807, 2.05) is 67.6 Å². The van der Waals surface area contributed by atoms with Crippen LogP contribution in [0.4, 0.5) is 5.69 Å². The number of ketones is 1. The van der Waals surface area contributed by atoms with Gasteiger partial charge in [-0.05, 0) is 53.9 Å². The number of rotatable bonds is 5. The van der Waals surface area contributed by atoms with Crippen molar-refractivity contribution in [3.8, 4) is 0 Å². The van der Waals surface area contributed by atoms with Crippen LogP contribution < -0.4 is 10.2 Å². The number of fused-ring (bicyclic) bond motifs is 1. The molecule has 1 saturated carbocycles. The van der Waals surface area contributed by atoms with Crippen molar-refractivity contribution in [3.63, 3.8) is 0 Å². The molecule has 0 spiro atoms. The Labute approximate surface area is 202 Å². The third-order valence-electron chi connectivity index (χ3n) is 6.36. The van der Waals surface area contributed by atoms with Crippen LogP contribution in [0, 0.1) is 5.92 Å². The number of Topliss-reactive ketones (excluding diaryl/α,β-unsaturated/α-hetero) is 1. The Balaban J connectivity index is 1.56. The van der Waals surface area contributed by atoms with Crippen molar-refractivity contribution in [2.75, 3.05) is 4.90 Å². The summed E-state index contributed by atoms with van der Waals surface area (Å²) in [5, 5.41) is 4.38. The van der Waals surface area contributed by atoms with Gasteiger partial charge in [-0.2, -0.15) is 0 Å². The second-order valence-corrected chi connectivity index (χ2v) is 9.27. The van der Waals surface area contributed by atoms with Gasteiger partial charge in [0.25, 0.3) is 5.91 Å². The van der Waals surface area contributed by atoms with E-state index in [1.54, 1.807) is 12.1 Å². The Morgan fingerprint density at radius 1 is 1.00 bits per heavy atom. The number of benzene rings is 3. The summed E-state index contributed by atoms with van der Waals surface area (Å²) in [6.07, 6.45) is 0.462. The van der Waals surface area contributed by atoms with Gasteiger partial charge >= 0.3 is 0 Å². The first-order chi connectivity index (χ1) is 15.9. The number of anilines is 1. The maximum Gasteiger partial charge on any atom is 0.254 e. The second kappa shape index (κ2) is 8.69. The lowest BCUT2D eigenvalue weighted by atomic mass is 9.91. The van der Waals surface area contributed by atoms with Crippen molar-refractivity contribution in [2.24, 2.45) is 5.92 Å². The van der Waals surface area contributed by atoms with E-state index in [9.17, 15) is 9.59 Å². The monoisotopic (exact) mass is 476 g/mol. The average molecular weight is 477 g/mol. The Bertz CT molecular complexity index is 1270. The fraction of sp³-hybridized carbons (Fsp3) is 0.185. The quantitative estimate of drug-likeness (QED) is 0.477. The van der Waals surface area contributed by atoms with Crippen LogP contribution in [-0.2, 0) is 16.1 Å². The number of nitrogens with one attached hydrogen (secondary N) is 1. The molecule has 3 aromatic rings. The molecule has 2 aliphatic rings. The van der Waals surface area contributed by atoms with Crippen LogP contribution in [0.3, 0.4) is 0 Å². The summed E-state index contributed by atoms with van der Waals surface area (Å²) in [6, 6.07) is 22.5. The van der Waals surface area contributed by atoms with E-state index in [-0.39, 0.29) is 17.6 Å². The Morgan fingerprint density at radius 3 is 2.36 bits per heavy atom. The van der Waals surface area contributed by atoms with Crippen molar-refractivity contribution in [3.05, 3.63) is 105 Å². The lowest BCUT2D eigenvalue weighted by Crippen LogP contribution is -2.35. The van der Waals surface area contributed by atoms with Crippen molar-refractivity contribution in [2.45, 2.75) is 25.9 Å². The normalized spacial score (nSPS) is 18.1. The fourth-order valence-electron chi connectivity index (χ4n) is 4.50. The first-order valence-electron chi connectivity index (χ1n) is 10.8. The van der Waals surface area contributed by atoms with Gasteiger partial charge in [0.15, 0.2) is 0 Å². The van der Waals surface area contributed by atoms with Gasteiger partial charge in [-0.1, -0.05) is 65.7 Å². The molecule has 0 aromatic heterocycles. The fourth-order valence-corrected chi connectivity index (χ4v) is 4.86. The van der Waals surface area contributed by atoms with E-state index in [0.29, 0.717) is 28.6 Å². The molecule has 1 N–H and O–H groups in total. The molecule has 3 aromatic carbocycles. The van der Waals surface area contributed by atoms with Gasteiger partial charge in [0.1, 0.15) is 5.78 Å². The van der Waals surface area contributed by atoms with E-state index >= 15 is 0 Å². The smallest absolute Gasteiger partial charge is 0.254 e. The number of hydrogen-bond donors (Lipinski definition) is 1. The lowest BCUT2D eigenvalue weighted by Gasteiger charge is -2.34. The van der Waals surface area contributed by atoms with Crippen LogP contribution >= 0.6 is 23.2 Å². The number of halogens is 2. The Kier molecular flexibility index (Phi) is 5.73. The maximum absolute atomic E-state index is 13.8. The minimum atomic E-state index is -0.405. The zero-order valence-electron chi connectivity index (χ0n) is 18.0. The highest BCUT2D eigenvalue weighted by Gasteiger charge is 2.43. The molecule has 5 rings (SSSR count). The molecule has 0 saturated heterocycles. The number of carbonyl (C=O) groups is 2. The van der Waals surface area contributed by atoms with Crippen LogP contribution in [-0.4, -0.2) is 11.7 Å². The van der Waals surface area contributed by atoms with Crippen LogP contribution in [0.5, 0.6) is 0 Å². The maximum atomic E-state index is 13.8. The molecule has 6 heteroatoms. The van der Waals surface area contributed by atoms with E-state index < -0.39 is 6.04 Å². The first-order valence-corrected chi connectivity index (χ1v) is 11.6. The topological polar surface area (TPSA) is 49.4 Å². The molecule has 1 fully saturated rings. The van der Waals surface area contributed by atoms with E-state index in [0.717, 1.165) is 28.1 Å². The summed E-state index contributed by atoms with van der Waals surface area (Å²) in [7, 11) is 0. The Morgan fingerprint density at radius 2 is 1.70 bits per heavy atom. The van der Waals surface area contributed by atoms with Crippen molar-refractivity contribution >= 4 is 46.2 Å². The number of amides is 1. The highest BCUT2D eigenvalue weighted by atomic mass is 35.5. The highest BCUT2D eigenvalue weighted by Crippen LogP contribution is 2.41. The van der Waals surface area contributed by atoms with Gasteiger partial charge in [-0.15, -0.1) is 0 Å². The molecule has 166 valence electrons. The number of para-hydroxylation sites is 1. The third-order valence-corrected chi connectivity index (χ3v) is 6.96. The molecule has 0 bridgehead atoms. The third kappa shape index (κ3) is 4.17. The highest BCUT2D eigenvalue weighted by molar-refractivity contribution is 6.32. The van der Waals surface area contributed by atoms with E-state index in [2.05, 4.69) is 10.2 Å². The summed E-state index contributed by atoms with van der Waals surface area (Å²) in [5.74, 6) is -0.293. The molecular formula is C27H22Cl2N2O2. The van der Waals surface area contributed by atoms with Gasteiger partial charge in [0, 0.05) is 40.3 Å². The van der Waals surface area contributed by atoms with Crippen molar-refractivity contribution in [1.82, 2.24) is 5.32 Å². The van der Waals surface area contributed by atoms with Gasteiger partial charge in [0.05, 0.1) is 11.6 Å². The molecule has 1 heterocycles. The average Bonchev–Trinajstić information content (AvgIpc) is 3.54. The standard InChI is InChI=1S/C27H22Cl2N2O2/c1-16-25(27(33)30-26(21-14-24(21)32)17-10-12-18(28)13-11-17)20-8-5-9-23(29)22(20)15-31(16)19-6-3-2-4-7-19/h2-13,21,26H,14-15H2,1H3,(H,30,33)/t21?,26-/m1/s1. The van der Waals surface area contributed by atoms with Crippen molar-refractivity contribution in [1.29, 1.82) is 0 Å². The summed E-state index contributed by atoms with van der Waals surface area (Å²) >= 11 is 12.6. The molecule has 1 aliphatic heterocycles. The number of carbonyl (C=O) groups excluding carboxylic acids is 2. The van der Waals surface area contributed by atoms with Crippen LogP contribution in [0.15, 0.2) is 78.5 Å². The zero-order valence-corrected chi connectivity index (χ0v) is 19.5. The van der Waals surface area contributed by atoms with Gasteiger partial charge in [-0.25, -0.2) is 0 Å². The largest absolute Gasteiger partial charge is 0.344 e. The minimum absolute atomic E-state index is 0.152. The van der Waals surface area contributed by atoms with E-state index in [1.165, 1.54) is 0 Å². The molecule has 4 nitrogen and oxygen atoms in total. The molecule has 2 atom stereocenters. The molecule has 0 radical (unpaired) electrons. The predicted molar refractivity (Wildman–Crippen MR) is 132 cm³/mol. The second-order valence-electron chi connectivity index (χ2n) is 8.43. The number of nitrogens with zero attached hydrogens (tertiary/aromatic N) is 1. The minimum Gasteiger partial charge on any atom is -0.344 e. The van der Waals surface area contributed by atoms with Crippen LogP contribution in [0.1, 0.15) is 36.1 Å². The summed E-state index contributed by atoms with van der Waals surface area (Å²) < 4.78 is 0. The van der Waals surface area contributed by atoms with E-state index in [4.69, 9.17) is 23.2 Å². The van der Waals surface area contributed by atoms with Gasteiger partial charge in [0.2, 0.25) is 0 Å². The molecule has 33 heavy (non-hydrogen) atoms. The first kappa shape index (κ1) is 21.7. The number of hydrogen-bond acceptors (Lipinski definition) is 3. The summed E-state index contributed by atoms with van der Waals surface area (Å²) in [4.78, 5) is 27.9. The van der Waals surface area contributed by atoms with Gasteiger partial charge in [-0.3, -0.25) is 9.59 Å². The number of allylic oxidation sites excluding steroid dienone is 1. The van der Waals surface area contributed by atoms with Crippen LogP contribution in [0.2, 0.25) is 10.0 Å². The zero-order chi connectivity index (χ0) is 23.1. The SMILES string of the molecule is CC1=C(C(=O)N[C@H](c2ccc(Cl)cc2)C2CC2=O)c2cccc(Cl)c2CN1c1ccccc1. The summed E-state index contributed by atoms with van der Waals surface area (Å²) in [6.45, 7) is 2.52. The van der Waals surface area contributed by atoms with Gasteiger partial charge < -0.3 is 10.2 Å². The molecule has 1 aliphatic carbocycles. The van der Waals surface area contributed by atoms with Crippen molar-refractivity contribution < 1.29 is 9.59 Å². The Hall–Kier alpha value is -3.08. The summed E-state index contributed by atoms with van der Waals surface area (Å²) in [5.41, 5.74) is 4.98. The predicted octanol–water partition coefficient (Wildman–Crippen LogP) is 6.19. The molecule has 1 unspecified atom stereocenters. The molecular weight excluding hydrogens is 455 g/mol. The molecule has 1 amide bonds.